The summed E-state index contributed by atoms with van der Waals surface area (Å²) >= 11 is 0. The van der Waals surface area contributed by atoms with Crippen LogP contribution in [0.4, 0.5) is 0 Å². The van der Waals surface area contributed by atoms with E-state index < -0.39 is 0 Å². The molecule has 2 heteroatoms. The fourth-order valence-corrected chi connectivity index (χ4v) is 3.39. The third-order valence-corrected chi connectivity index (χ3v) is 4.86. The van der Waals surface area contributed by atoms with Crippen molar-refractivity contribution < 1.29 is 0 Å². The van der Waals surface area contributed by atoms with Gasteiger partial charge in [-0.05, 0) is 37.9 Å². The molecule has 2 aromatic rings. The minimum atomic E-state index is 0.0147. The first-order valence-electron chi connectivity index (χ1n) is 8.26. The molecule has 0 spiro atoms. The SMILES string of the molecule is CC1CCNC(C)(c2ccccc2)CN1Cc1ccccc1. The van der Waals surface area contributed by atoms with Crippen LogP contribution in [0.15, 0.2) is 60.7 Å². The molecule has 0 radical (unpaired) electrons. The van der Waals surface area contributed by atoms with Crippen LogP contribution in [-0.2, 0) is 12.1 Å². The minimum Gasteiger partial charge on any atom is -0.306 e. The van der Waals surface area contributed by atoms with Gasteiger partial charge in [-0.25, -0.2) is 0 Å². The maximum atomic E-state index is 3.78. The molecule has 0 aromatic heterocycles. The average molecular weight is 294 g/mol. The molecule has 1 N–H and O–H groups in total. The zero-order valence-electron chi connectivity index (χ0n) is 13.6. The van der Waals surface area contributed by atoms with E-state index in [4.69, 9.17) is 0 Å². The number of rotatable bonds is 3. The molecule has 1 aliphatic heterocycles. The molecule has 0 aliphatic carbocycles. The quantitative estimate of drug-likeness (QED) is 0.926. The van der Waals surface area contributed by atoms with Crippen molar-refractivity contribution in [2.45, 2.75) is 38.4 Å². The fraction of sp³-hybridized carbons (Fsp3) is 0.400. The molecule has 3 rings (SSSR count). The summed E-state index contributed by atoms with van der Waals surface area (Å²) in [6.45, 7) is 7.80. The van der Waals surface area contributed by atoms with Crippen LogP contribution >= 0.6 is 0 Å². The first-order valence-corrected chi connectivity index (χ1v) is 8.26. The largest absolute Gasteiger partial charge is 0.306 e. The van der Waals surface area contributed by atoms with Gasteiger partial charge in [-0.15, -0.1) is 0 Å². The third kappa shape index (κ3) is 3.40. The maximum absolute atomic E-state index is 3.78. The number of hydrogen-bond donors (Lipinski definition) is 1. The van der Waals surface area contributed by atoms with Gasteiger partial charge in [0.2, 0.25) is 0 Å². The summed E-state index contributed by atoms with van der Waals surface area (Å²) in [4.78, 5) is 2.61. The van der Waals surface area contributed by atoms with E-state index in [1.807, 2.05) is 0 Å². The summed E-state index contributed by atoms with van der Waals surface area (Å²) in [6.07, 6.45) is 1.19. The van der Waals surface area contributed by atoms with Gasteiger partial charge in [-0.2, -0.15) is 0 Å². The Morgan fingerprint density at radius 1 is 1.05 bits per heavy atom. The molecule has 22 heavy (non-hydrogen) atoms. The van der Waals surface area contributed by atoms with E-state index in [1.54, 1.807) is 0 Å². The molecule has 0 saturated carbocycles. The molecule has 2 aromatic carbocycles. The van der Waals surface area contributed by atoms with Crippen molar-refractivity contribution in [1.29, 1.82) is 0 Å². The Balaban J connectivity index is 1.83. The van der Waals surface area contributed by atoms with Crippen molar-refractivity contribution >= 4 is 0 Å². The lowest BCUT2D eigenvalue weighted by molar-refractivity contribution is 0.166. The molecular weight excluding hydrogens is 268 g/mol. The summed E-state index contributed by atoms with van der Waals surface area (Å²) in [7, 11) is 0. The highest BCUT2D eigenvalue weighted by molar-refractivity contribution is 5.25. The lowest BCUT2D eigenvalue weighted by Crippen LogP contribution is -2.47. The zero-order chi connectivity index (χ0) is 15.4. The van der Waals surface area contributed by atoms with Crippen molar-refractivity contribution in [1.82, 2.24) is 10.2 Å². The predicted octanol–water partition coefficient (Wildman–Crippen LogP) is 3.79. The second kappa shape index (κ2) is 6.64. The Bertz CT molecular complexity index is 581. The molecule has 1 heterocycles. The first kappa shape index (κ1) is 15.3. The van der Waals surface area contributed by atoms with Crippen LogP contribution in [0.1, 0.15) is 31.4 Å². The molecule has 1 saturated heterocycles. The van der Waals surface area contributed by atoms with Crippen molar-refractivity contribution in [3.63, 3.8) is 0 Å². The van der Waals surface area contributed by atoms with Gasteiger partial charge in [-0.3, -0.25) is 4.90 Å². The van der Waals surface area contributed by atoms with Gasteiger partial charge in [-0.1, -0.05) is 60.7 Å². The molecule has 1 fully saturated rings. The van der Waals surface area contributed by atoms with E-state index in [0.29, 0.717) is 6.04 Å². The highest BCUT2D eigenvalue weighted by Gasteiger charge is 2.33. The summed E-state index contributed by atoms with van der Waals surface area (Å²) in [5.41, 5.74) is 2.79. The van der Waals surface area contributed by atoms with E-state index in [2.05, 4.69) is 84.7 Å². The molecule has 2 unspecified atom stereocenters. The van der Waals surface area contributed by atoms with Gasteiger partial charge in [0.1, 0.15) is 0 Å². The van der Waals surface area contributed by atoms with Gasteiger partial charge in [0, 0.05) is 19.1 Å². The highest BCUT2D eigenvalue weighted by atomic mass is 15.2. The van der Waals surface area contributed by atoms with E-state index in [1.165, 1.54) is 17.5 Å². The van der Waals surface area contributed by atoms with Gasteiger partial charge in [0.25, 0.3) is 0 Å². The number of nitrogens with one attached hydrogen (secondary N) is 1. The second-order valence-electron chi connectivity index (χ2n) is 6.65. The van der Waals surface area contributed by atoms with Crippen LogP contribution in [-0.4, -0.2) is 24.0 Å². The Labute approximate surface area is 134 Å². The Morgan fingerprint density at radius 2 is 1.68 bits per heavy atom. The molecular formula is C20H26N2. The molecule has 0 bridgehead atoms. The first-order chi connectivity index (χ1) is 10.7. The van der Waals surface area contributed by atoms with Crippen LogP contribution in [0, 0.1) is 0 Å². The molecule has 116 valence electrons. The Morgan fingerprint density at radius 3 is 2.36 bits per heavy atom. The standard InChI is InChI=1S/C20H26N2/c1-17-13-14-21-20(2,19-11-7-4-8-12-19)16-22(17)15-18-9-5-3-6-10-18/h3-12,17,21H,13-16H2,1-2H3. The normalized spacial score (nSPS) is 26.5. The average Bonchev–Trinajstić information content (AvgIpc) is 2.69. The molecule has 2 nitrogen and oxygen atoms in total. The van der Waals surface area contributed by atoms with E-state index >= 15 is 0 Å². The lowest BCUT2D eigenvalue weighted by Gasteiger charge is -2.36. The van der Waals surface area contributed by atoms with Crippen molar-refractivity contribution in [2.24, 2.45) is 0 Å². The molecule has 2 atom stereocenters. The van der Waals surface area contributed by atoms with Crippen LogP contribution in [0.3, 0.4) is 0 Å². The van der Waals surface area contributed by atoms with Crippen LogP contribution in [0.2, 0.25) is 0 Å². The van der Waals surface area contributed by atoms with Crippen molar-refractivity contribution in [2.75, 3.05) is 13.1 Å². The second-order valence-corrected chi connectivity index (χ2v) is 6.65. The van der Waals surface area contributed by atoms with Crippen LogP contribution in [0.25, 0.3) is 0 Å². The van der Waals surface area contributed by atoms with Gasteiger partial charge >= 0.3 is 0 Å². The number of hydrogen-bond acceptors (Lipinski definition) is 2. The summed E-state index contributed by atoms with van der Waals surface area (Å²) < 4.78 is 0. The predicted molar refractivity (Wildman–Crippen MR) is 92.7 cm³/mol. The number of benzene rings is 2. The van der Waals surface area contributed by atoms with Gasteiger partial charge in [0.15, 0.2) is 0 Å². The fourth-order valence-electron chi connectivity index (χ4n) is 3.39. The molecule has 0 amide bonds. The highest BCUT2D eigenvalue weighted by Crippen LogP contribution is 2.27. The zero-order valence-corrected chi connectivity index (χ0v) is 13.6. The summed E-state index contributed by atoms with van der Waals surface area (Å²) in [5, 5.41) is 3.78. The topological polar surface area (TPSA) is 15.3 Å². The van der Waals surface area contributed by atoms with E-state index in [0.717, 1.165) is 19.6 Å². The van der Waals surface area contributed by atoms with Crippen molar-refractivity contribution in [3.05, 3.63) is 71.8 Å². The monoisotopic (exact) mass is 294 g/mol. The smallest absolute Gasteiger partial charge is 0.0535 e. The lowest BCUT2D eigenvalue weighted by atomic mass is 9.91. The van der Waals surface area contributed by atoms with Gasteiger partial charge in [0.05, 0.1) is 5.54 Å². The maximum Gasteiger partial charge on any atom is 0.0535 e. The number of nitrogens with zero attached hydrogens (tertiary/aromatic N) is 1. The Kier molecular flexibility index (Phi) is 4.60. The Hall–Kier alpha value is -1.64. The minimum absolute atomic E-state index is 0.0147. The van der Waals surface area contributed by atoms with E-state index in [-0.39, 0.29) is 5.54 Å². The van der Waals surface area contributed by atoms with Crippen molar-refractivity contribution in [3.8, 4) is 0 Å². The summed E-state index contributed by atoms with van der Waals surface area (Å²) in [6, 6.07) is 22.2. The van der Waals surface area contributed by atoms with Crippen LogP contribution in [0.5, 0.6) is 0 Å². The van der Waals surface area contributed by atoms with Crippen LogP contribution < -0.4 is 5.32 Å². The van der Waals surface area contributed by atoms with E-state index in [9.17, 15) is 0 Å². The third-order valence-electron chi connectivity index (χ3n) is 4.86. The van der Waals surface area contributed by atoms with Gasteiger partial charge < -0.3 is 5.32 Å². The molecule has 1 aliphatic rings. The summed E-state index contributed by atoms with van der Waals surface area (Å²) in [5.74, 6) is 0.